The molecule has 1 N–H and O–H groups in total. The molecule has 118 valence electrons. The van der Waals surface area contributed by atoms with Crippen molar-refractivity contribution < 1.29 is 4.39 Å². The highest BCUT2D eigenvalue weighted by Crippen LogP contribution is 2.25. The van der Waals surface area contributed by atoms with Gasteiger partial charge in [-0.2, -0.15) is 0 Å². The van der Waals surface area contributed by atoms with E-state index in [4.69, 9.17) is 11.6 Å². The van der Waals surface area contributed by atoms with Crippen molar-refractivity contribution in [3.05, 3.63) is 34.6 Å². The molecule has 0 bridgehead atoms. The zero-order valence-corrected chi connectivity index (χ0v) is 13.8. The third kappa shape index (κ3) is 4.94. The molecule has 0 aliphatic carbocycles. The zero-order valence-electron chi connectivity index (χ0n) is 13.0. The normalized spacial score (nSPS) is 20.1. The van der Waals surface area contributed by atoms with Crippen LogP contribution in [-0.2, 0) is 6.54 Å². The van der Waals surface area contributed by atoms with Gasteiger partial charge in [-0.15, -0.1) is 0 Å². The fourth-order valence-corrected chi connectivity index (χ4v) is 3.15. The molecule has 1 aliphatic rings. The van der Waals surface area contributed by atoms with E-state index < -0.39 is 0 Å². The van der Waals surface area contributed by atoms with E-state index in [2.05, 4.69) is 24.1 Å². The minimum atomic E-state index is -0.193. The number of hydrogen-bond donors (Lipinski definition) is 1. The number of hydrogen-bond acceptors (Lipinski definition) is 2. The first-order chi connectivity index (χ1) is 10.1. The van der Waals surface area contributed by atoms with Crippen molar-refractivity contribution >= 4 is 11.6 Å². The molecular weight excluding hydrogens is 287 g/mol. The van der Waals surface area contributed by atoms with Crippen molar-refractivity contribution in [3.63, 3.8) is 0 Å². The molecule has 0 amide bonds. The summed E-state index contributed by atoms with van der Waals surface area (Å²) in [5.74, 6) is 0.463. The summed E-state index contributed by atoms with van der Waals surface area (Å²) < 4.78 is 14.0. The van der Waals surface area contributed by atoms with E-state index in [9.17, 15) is 4.39 Å². The van der Waals surface area contributed by atoms with Crippen LogP contribution in [0.1, 0.15) is 38.7 Å². The quantitative estimate of drug-likeness (QED) is 0.851. The van der Waals surface area contributed by atoms with Crippen LogP contribution < -0.4 is 5.32 Å². The third-order valence-corrected chi connectivity index (χ3v) is 4.46. The topological polar surface area (TPSA) is 15.3 Å². The van der Waals surface area contributed by atoms with E-state index in [1.165, 1.54) is 25.3 Å². The van der Waals surface area contributed by atoms with Gasteiger partial charge < -0.3 is 5.32 Å². The van der Waals surface area contributed by atoms with Gasteiger partial charge in [0.15, 0.2) is 0 Å². The van der Waals surface area contributed by atoms with E-state index >= 15 is 0 Å². The summed E-state index contributed by atoms with van der Waals surface area (Å²) in [5, 5.41) is 4.07. The Morgan fingerprint density at radius 2 is 2.19 bits per heavy atom. The van der Waals surface area contributed by atoms with Crippen molar-refractivity contribution in [3.8, 4) is 0 Å². The van der Waals surface area contributed by atoms with Gasteiger partial charge in [-0.1, -0.05) is 37.9 Å². The molecule has 1 unspecified atom stereocenters. The average Bonchev–Trinajstić information content (AvgIpc) is 2.44. The van der Waals surface area contributed by atoms with Gasteiger partial charge in [0.05, 0.1) is 0 Å². The Balaban J connectivity index is 1.98. The molecule has 1 atom stereocenters. The first kappa shape index (κ1) is 16.7. The van der Waals surface area contributed by atoms with E-state index in [0.29, 0.717) is 29.1 Å². The second kappa shape index (κ2) is 8.11. The van der Waals surface area contributed by atoms with Crippen LogP contribution in [0.2, 0.25) is 5.02 Å². The van der Waals surface area contributed by atoms with Crippen molar-refractivity contribution in [1.82, 2.24) is 10.2 Å². The number of nitrogens with zero attached hydrogens (tertiary/aromatic N) is 1. The van der Waals surface area contributed by atoms with Crippen molar-refractivity contribution in [1.29, 1.82) is 0 Å². The summed E-state index contributed by atoms with van der Waals surface area (Å²) in [6.07, 6.45) is 3.62. The van der Waals surface area contributed by atoms with Crippen molar-refractivity contribution in [2.24, 2.45) is 5.92 Å². The largest absolute Gasteiger partial charge is 0.315 e. The molecule has 1 aliphatic heterocycles. The number of nitrogens with one attached hydrogen (secondary N) is 1. The summed E-state index contributed by atoms with van der Waals surface area (Å²) in [4.78, 5) is 2.38. The number of rotatable bonds is 6. The number of benzene rings is 1. The minimum absolute atomic E-state index is 0.193. The molecule has 0 radical (unpaired) electrons. The maximum atomic E-state index is 14.0. The number of piperidine rings is 1. The summed E-state index contributed by atoms with van der Waals surface area (Å²) in [5.41, 5.74) is 0.634. The van der Waals surface area contributed by atoms with Gasteiger partial charge in [-0.05, 0) is 44.0 Å². The lowest BCUT2D eigenvalue weighted by Crippen LogP contribution is -2.45. The molecule has 0 aromatic heterocycles. The Labute approximate surface area is 132 Å². The number of likely N-dealkylation sites (tertiary alicyclic amines) is 1. The van der Waals surface area contributed by atoms with E-state index in [-0.39, 0.29) is 5.82 Å². The summed E-state index contributed by atoms with van der Waals surface area (Å²) >= 11 is 6.16. The highest BCUT2D eigenvalue weighted by Gasteiger charge is 2.23. The molecule has 2 rings (SSSR count). The summed E-state index contributed by atoms with van der Waals surface area (Å²) in [7, 11) is 0. The van der Waals surface area contributed by atoms with Gasteiger partial charge in [0.2, 0.25) is 0 Å². The fourth-order valence-electron chi connectivity index (χ4n) is 2.92. The SMILES string of the molecule is CC(C)CNCC1CCCCN1Cc1c(F)cccc1Cl. The molecule has 0 saturated carbocycles. The lowest BCUT2D eigenvalue weighted by molar-refractivity contribution is 0.135. The predicted octanol–water partition coefficient (Wildman–Crippen LogP) is 4.08. The second-order valence-corrected chi connectivity index (χ2v) is 6.78. The maximum Gasteiger partial charge on any atom is 0.129 e. The fraction of sp³-hybridized carbons (Fsp3) is 0.647. The Kier molecular flexibility index (Phi) is 6.46. The molecule has 1 heterocycles. The molecule has 4 heteroatoms. The highest BCUT2D eigenvalue weighted by atomic mass is 35.5. The Morgan fingerprint density at radius 3 is 2.90 bits per heavy atom. The van der Waals surface area contributed by atoms with Crippen molar-refractivity contribution in [2.75, 3.05) is 19.6 Å². The second-order valence-electron chi connectivity index (χ2n) is 6.37. The Hall–Kier alpha value is -0.640. The van der Waals surface area contributed by atoms with Gasteiger partial charge >= 0.3 is 0 Å². The van der Waals surface area contributed by atoms with Crippen LogP contribution in [0.25, 0.3) is 0 Å². The lowest BCUT2D eigenvalue weighted by Gasteiger charge is -2.36. The molecule has 1 aromatic rings. The van der Waals surface area contributed by atoms with Gasteiger partial charge in [-0.3, -0.25) is 4.90 Å². The highest BCUT2D eigenvalue weighted by molar-refractivity contribution is 6.31. The first-order valence-corrected chi connectivity index (χ1v) is 8.33. The molecule has 1 fully saturated rings. The first-order valence-electron chi connectivity index (χ1n) is 7.95. The molecule has 0 spiro atoms. The molecule has 1 aromatic carbocycles. The third-order valence-electron chi connectivity index (χ3n) is 4.10. The van der Waals surface area contributed by atoms with Gasteiger partial charge in [0.1, 0.15) is 5.82 Å². The van der Waals surface area contributed by atoms with Crippen LogP contribution in [0.3, 0.4) is 0 Å². The summed E-state index contributed by atoms with van der Waals surface area (Å²) in [6, 6.07) is 5.42. The van der Waals surface area contributed by atoms with Crippen molar-refractivity contribution in [2.45, 2.75) is 45.7 Å². The van der Waals surface area contributed by atoms with E-state index in [1.54, 1.807) is 12.1 Å². The number of halogens is 2. The smallest absolute Gasteiger partial charge is 0.129 e. The zero-order chi connectivity index (χ0) is 15.2. The Bertz CT molecular complexity index is 430. The Morgan fingerprint density at radius 1 is 1.38 bits per heavy atom. The lowest BCUT2D eigenvalue weighted by atomic mass is 10.0. The molecule has 2 nitrogen and oxygen atoms in total. The van der Waals surface area contributed by atoms with Crippen LogP contribution in [-0.4, -0.2) is 30.6 Å². The van der Waals surface area contributed by atoms with Gasteiger partial charge in [0, 0.05) is 29.7 Å². The van der Waals surface area contributed by atoms with Crippen LogP contribution in [0.5, 0.6) is 0 Å². The van der Waals surface area contributed by atoms with Crippen LogP contribution in [0.4, 0.5) is 4.39 Å². The maximum absolute atomic E-state index is 14.0. The predicted molar refractivity (Wildman–Crippen MR) is 87.2 cm³/mol. The van der Waals surface area contributed by atoms with E-state index in [0.717, 1.165) is 19.6 Å². The van der Waals surface area contributed by atoms with E-state index in [1.807, 2.05) is 0 Å². The van der Waals surface area contributed by atoms with Crippen LogP contribution in [0, 0.1) is 11.7 Å². The summed E-state index contributed by atoms with van der Waals surface area (Å²) in [6.45, 7) is 8.07. The van der Waals surface area contributed by atoms with Gasteiger partial charge in [0.25, 0.3) is 0 Å². The molecule has 21 heavy (non-hydrogen) atoms. The molecule has 1 saturated heterocycles. The standard InChI is InChI=1S/C17H26ClFN2/c1-13(2)10-20-11-14-6-3-4-9-21(14)12-15-16(18)7-5-8-17(15)19/h5,7-8,13-14,20H,3-4,6,9-12H2,1-2H3. The minimum Gasteiger partial charge on any atom is -0.315 e. The monoisotopic (exact) mass is 312 g/mol. The average molecular weight is 313 g/mol. The molecular formula is C17H26ClFN2. The van der Waals surface area contributed by atoms with Gasteiger partial charge in [-0.25, -0.2) is 4.39 Å². The van der Waals surface area contributed by atoms with Crippen LogP contribution >= 0.6 is 11.6 Å². The van der Waals surface area contributed by atoms with Crippen LogP contribution in [0.15, 0.2) is 18.2 Å².